The van der Waals surface area contributed by atoms with E-state index in [1.807, 2.05) is 48.7 Å². The molecular formula is C22H17BrN2O2S2. The summed E-state index contributed by atoms with van der Waals surface area (Å²) in [6.45, 7) is 0.576. The number of hydrogen-bond donors (Lipinski definition) is 1. The number of fused-ring (bicyclic) bond motifs is 1. The lowest BCUT2D eigenvalue weighted by molar-refractivity contribution is -0.115. The van der Waals surface area contributed by atoms with Crippen LogP contribution >= 0.6 is 39.9 Å². The van der Waals surface area contributed by atoms with Gasteiger partial charge >= 0.3 is 0 Å². The van der Waals surface area contributed by atoms with E-state index in [4.69, 9.17) is 17.0 Å². The number of nitrogens with one attached hydrogen (secondary N) is 1. The molecule has 0 saturated carbocycles. The number of carbonyl (C=O) groups excluding carboxylic acids is 1. The molecule has 2 heterocycles. The molecule has 1 saturated heterocycles. The van der Waals surface area contributed by atoms with Gasteiger partial charge < -0.3 is 10.1 Å². The van der Waals surface area contributed by atoms with Crippen molar-refractivity contribution in [3.05, 3.63) is 75.2 Å². The van der Waals surface area contributed by atoms with E-state index in [0.29, 0.717) is 15.8 Å². The molecule has 0 aliphatic carbocycles. The Bertz CT molecular complexity index is 1130. The zero-order valence-corrected chi connectivity index (χ0v) is 18.6. The largest absolute Gasteiger partial charge is 0.493 e. The van der Waals surface area contributed by atoms with Crippen LogP contribution in [0.25, 0.3) is 17.0 Å². The molecule has 0 unspecified atom stereocenters. The number of rotatable bonds is 6. The number of hydrogen-bond acceptors (Lipinski definition) is 5. The third-order valence-corrected chi connectivity index (χ3v) is 6.14. The maximum Gasteiger partial charge on any atom is 0.263 e. The van der Waals surface area contributed by atoms with Gasteiger partial charge in [0.15, 0.2) is 0 Å². The van der Waals surface area contributed by atoms with Crippen molar-refractivity contribution in [3.63, 3.8) is 0 Å². The molecule has 146 valence electrons. The maximum atomic E-state index is 12.0. The summed E-state index contributed by atoms with van der Waals surface area (Å²) in [6, 6.07) is 16.0. The number of thioether (sulfide) groups is 1. The summed E-state index contributed by atoms with van der Waals surface area (Å²) in [5.41, 5.74) is 3.12. The molecule has 7 heteroatoms. The average Bonchev–Trinajstić information content (AvgIpc) is 3.03. The fourth-order valence-corrected chi connectivity index (χ4v) is 4.56. The molecule has 1 fully saturated rings. The lowest BCUT2D eigenvalue weighted by Crippen LogP contribution is -2.17. The van der Waals surface area contributed by atoms with E-state index in [1.165, 1.54) is 22.7 Å². The summed E-state index contributed by atoms with van der Waals surface area (Å²) >= 11 is 9.81. The van der Waals surface area contributed by atoms with Gasteiger partial charge in [-0.15, -0.1) is 0 Å². The predicted octanol–water partition coefficient (Wildman–Crippen LogP) is 5.50. The van der Waals surface area contributed by atoms with Gasteiger partial charge in [0.2, 0.25) is 0 Å². The second kappa shape index (κ2) is 9.07. The summed E-state index contributed by atoms with van der Waals surface area (Å²) in [4.78, 5) is 16.9. The zero-order chi connectivity index (χ0) is 20.2. The van der Waals surface area contributed by atoms with Crippen molar-refractivity contribution < 1.29 is 9.53 Å². The minimum Gasteiger partial charge on any atom is -0.493 e. The van der Waals surface area contributed by atoms with Gasteiger partial charge in [-0.25, -0.2) is 0 Å². The first-order valence-corrected chi connectivity index (χ1v) is 11.1. The molecule has 1 amide bonds. The highest BCUT2D eigenvalue weighted by molar-refractivity contribution is 9.10. The predicted molar refractivity (Wildman–Crippen MR) is 126 cm³/mol. The van der Waals surface area contributed by atoms with Gasteiger partial charge in [0, 0.05) is 21.6 Å². The van der Waals surface area contributed by atoms with Crippen LogP contribution in [-0.2, 0) is 11.2 Å². The minimum absolute atomic E-state index is 0.171. The summed E-state index contributed by atoms with van der Waals surface area (Å²) in [5.74, 6) is 0.571. The Morgan fingerprint density at radius 1 is 1.21 bits per heavy atom. The Hall–Kier alpha value is -2.22. The highest BCUT2D eigenvalue weighted by Gasteiger charge is 2.22. The Labute approximate surface area is 186 Å². The molecule has 3 aromatic rings. The number of benzene rings is 2. The zero-order valence-electron chi connectivity index (χ0n) is 15.4. The van der Waals surface area contributed by atoms with Gasteiger partial charge in [0.05, 0.1) is 17.0 Å². The topological polar surface area (TPSA) is 51.2 Å². The van der Waals surface area contributed by atoms with Crippen LogP contribution in [0.4, 0.5) is 0 Å². The number of ether oxygens (including phenoxy) is 1. The number of aromatic nitrogens is 1. The molecule has 1 aromatic heterocycles. The van der Waals surface area contributed by atoms with Gasteiger partial charge in [-0.3, -0.25) is 9.78 Å². The Morgan fingerprint density at radius 2 is 2.07 bits per heavy atom. The van der Waals surface area contributed by atoms with Crippen molar-refractivity contribution in [2.24, 2.45) is 0 Å². The quantitative estimate of drug-likeness (QED) is 0.284. The molecule has 29 heavy (non-hydrogen) atoms. The molecular weight excluding hydrogens is 468 g/mol. The number of amides is 1. The first-order valence-electron chi connectivity index (χ1n) is 9.10. The first-order chi connectivity index (χ1) is 14.1. The van der Waals surface area contributed by atoms with Gasteiger partial charge in [0.1, 0.15) is 10.1 Å². The van der Waals surface area contributed by atoms with E-state index in [2.05, 4.69) is 38.4 Å². The van der Waals surface area contributed by atoms with Crippen LogP contribution < -0.4 is 10.1 Å². The van der Waals surface area contributed by atoms with Crippen molar-refractivity contribution in [1.82, 2.24) is 10.3 Å². The second-order valence-electron chi connectivity index (χ2n) is 6.47. The van der Waals surface area contributed by atoms with Crippen molar-refractivity contribution in [3.8, 4) is 5.75 Å². The molecule has 1 aliphatic rings. The van der Waals surface area contributed by atoms with Crippen molar-refractivity contribution in [2.45, 2.75) is 12.8 Å². The monoisotopic (exact) mass is 484 g/mol. The molecule has 0 radical (unpaired) electrons. The summed E-state index contributed by atoms with van der Waals surface area (Å²) in [7, 11) is 0. The van der Waals surface area contributed by atoms with Gasteiger partial charge in [-0.2, -0.15) is 0 Å². The molecule has 0 atom stereocenters. The Kier molecular flexibility index (Phi) is 6.28. The fourth-order valence-electron chi connectivity index (χ4n) is 3.14. The van der Waals surface area contributed by atoms with Gasteiger partial charge in [-0.1, -0.05) is 58.1 Å². The highest BCUT2D eigenvalue weighted by atomic mass is 79.9. The lowest BCUT2D eigenvalue weighted by atomic mass is 10.1. The van der Waals surface area contributed by atoms with Crippen LogP contribution in [0.1, 0.15) is 17.5 Å². The Balaban J connectivity index is 1.44. The third kappa shape index (κ3) is 4.86. The molecule has 0 spiro atoms. The normalized spacial score (nSPS) is 15.1. The number of aryl methyl sites for hydroxylation is 1. The van der Waals surface area contributed by atoms with Crippen LogP contribution in [0.5, 0.6) is 5.75 Å². The molecule has 1 aliphatic heterocycles. The van der Waals surface area contributed by atoms with Gasteiger partial charge in [-0.05, 0) is 54.8 Å². The van der Waals surface area contributed by atoms with E-state index in [0.717, 1.165) is 34.1 Å². The van der Waals surface area contributed by atoms with Crippen molar-refractivity contribution in [1.29, 1.82) is 0 Å². The van der Waals surface area contributed by atoms with E-state index in [1.54, 1.807) is 0 Å². The number of para-hydroxylation sites is 1. The Morgan fingerprint density at radius 3 is 2.90 bits per heavy atom. The molecule has 0 bridgehead atoms. The van der Waals surface area contributed by atoms with E-state index in [9.17, 15) is 4.79 Å². The molecule has 4 nitrogen and oxygen atoms in total. The first kappa shape index (κ1) is 20.1. The van der Waals surface area contributed by atoms with E-state index in [-0.39, 0.29) is 5.91 Å². The minimum atomic E-state index is -0.171. The van der Waals surface area contributed by atoms with Gasteiger partial charge in [0.25, 0.3) is 5.91 Å². The molecule has 2 aromatic carbocycles. The number of pyridine rings is 1. The summed E-state index contributed by atoms with van der Waals surface area (Å²) < 4.78 is 7.44. The van der Waals surface area contributed by atoms with Crippen molar-refractivity contribution >= 4 is 67.1 Å². The molecule has 1 N–H and O–H groups in total. The molecule has 4 rings (SSSR count). The summed E-state index contributed by atoms with van der Waals surface area (Å²) in [5, 5.41) is 3.82. The highest BCUT2D eigenvalue weighted by Crippen LogP contribution is 2.31. The lowest BCUT2D eigenvalue weighted by Gasteiger charge is -2.11. The van der Waals surface area contributed by atoms with Crippen LogP contribution in [0.15, 0.2) is 64.1 Å². The maximum absolute atomic E-state index is 12.0. The van der Waals surface area contributed by atoms with E-state index >= 15 is 0 Å². The number of halogens is 1. The smallest absolute Gasteiger partial charge is 0.263 e. The van der Waals surface area contributed by atoms with Crippen LogP contribution in [0.2, 0.25) is 0 Å². The average molecular weight is 485 g/mol. The number of nitrogens with zero attached hydrogens (tertiary/aromatic N) is 1. The number of carbonyl (C=O) groups is 1. The van der Waals surface area contributed by atoms with Crippen LogP contribution in [0, 0.1) is 0 Å². The summed E-state index contributed by atoms with van der Waals surface area (Å²) in [6.07, 6.45) is 5.45. The van der Waals surface area contributed by atoms with E-state index < -0.39 is 0 Å². The van der Waals surface area contributed by atoms with Crippen molar-refractivity contribution in [2.75, 3.05) is 6.61 Å². The number of thiocarbonyl (C=S) groups is 1. The third-order valence-electron chi connectivity index (χ3n) is 4.49. The SMILES string of the molecule is O=C1NC(=S)S/C1=C\c1cc(Br)ccc1OCCCc1ccnc2ccccc12. The van der Waals surface area contributed by atoms with Crippen LogP contribution in [0.3, 0.4) is 0 Å². The van der Waals surface area contributed by atoms with Crippen LogP contribution in [-0.4, -0.2) is 21.8 Å². The standard InChI is InChI=1S/C22H17BrN2O2S2/c23-16-7-8-19(15(12-16)13-20-21(26)25-22(28)29-20)27-11-3-4-14-9-10-24-18-6-2-1-5-17(14)18/h1-2,5-10,12-13H,3-4,11H2,(H,25,26,28)/b20-13-. The fraction of sp³-hybridized carbons (Fsp3) is 0.136. The second-order valence-corrected chi connectivity index (χ2v) is 9.11.